The van der Waals surface area contributed by atoms with Gasteiger partial charge in [-0.25, -0.2) is 4.79 Å². The topological polar surface area (TPSA) is 90.7 Å². The summed E-state index contributed by atoms with van der Waals surface area (Å²) in [6, 6.07) is 4.08. The third kappa shape index (κ3) is 6.02. The highest BCUT2D eigenvalue weighted by Crippen LogP contribution is 2.19. The van der Waals surface area contributed by atoms with Gasteiger partial charge in [0.25, 0.3) is 5.91 Å². The Morgan fingerprint density at radius 3 is 2.52 bits per heavy atom. The van der Waals surface area contributed by atoms with Crippen molar-refractivity contribution in [3.05, 3.63) is 23.8 Å². The molecule has 0 aromatic heterocycles. The van der Waals surface area contributed by atoms with Gasteiger partial charge in [-0.15, -0.1) is 0 Å². The van der Waals surface area contributed by atoms with Crippen molar-refractivity contribution in [2.75, 3.05) is 26.0 Å². The molecule has 0 saturated carbocycles. The summed E-state index contributed by atoms with van der Waals surface area (Å²) in [5.41, 5.74) is 5.79. The summed E-state index contributed by atoms with van der Waals surface area (Å²) < 4.78 is 45.0. The van der Waals surface area contributed by atoms with E-state index in [-0.39, 0.29) is 11.3 Å². The molecular weight excluding hydrogens is 293 g/mol. The number of anilines is 1. The van der Waals surface area contributed by atoms with Gasteiger partial charge in [-0.05, 0) is 12.1 Å². The summed E-state index contributed by atoms with van der Waals surface area (Å²) in [5, 5.41) is 1.57. The minimum Gasteiger partial charge on any atom is -0.497 e. The summed E-state index contributed by atoms with van der Waals surface area (Å²) in [6.07, 6.45) is -4.53. The molecule has 3 N–H and O–H groups in total. The Labute approximate surface area is 118 Å². The molecule has 0 spiro atoms. The van der Waals surface area contributed by atoms with Crippen LogP contribution in [0.3, 0.4) is 0 Å². The monoisotopic (exact) mass is 306 g/mol. The van der Waals surface area contributed by atoms with Gasteiger partial charge in [-0.1, -0.05) is 0 Å². The summed E-state index contributed by atoms with van der Waals surface area (Å²) in [6.45, 7) is -2.32. The molecule has 0 aliphatic rings. The molecule has 0 unspecified atom stereocenters. The lowest BCUT2D eigenvalue weighted by Gasteiger charge is -2.09. The van der Waals surface area contributed by atoms with Gasteiger partial charge in [0.1, 0.15) is 12.3 Å². The number of alkyl halides is 3. The molecular formula is C12H13F3N2O4. The van der Waals surface area contributed by atoms with Gasteiger partial charge in [0.15, 0.2) is 6.61 Å². The van der Waals surface area contributed by atoms with E-state index in [0.29, 0.717) is 5.75 Å². The standard InChI is InChI=1S/C12H13F3N2O4/c1-20-9-3-7(2-8(16)4-9)11(19)21-5-10(18)17-6-12(13,14)15/h2-4H,5-6,16H2,1H3,(H,17,18). The second-order valence-corrected chi connectivity index (χ2v) is 3.96. The number of carbonyl (C=O) groups is 2. The van der Waals surface area contributed by atoms with Gasteiger partial charge < -0.3 is 20.5 Å². The molecule has 0 heterocycles. The van der Waals surface area contributed by atoms with Crippen LogP contribution in [-0.4, -0.2) is 38.3 Å². The van der Waals surface area contributed by atoms with Crippen molar-refractivity contribution in [2.45, 2.75) is 6.18 Å². The molecule has 1 aromatic carbocycles. The minimum absolute atomic E-state index is 0.0236. The van der Waals surface area contributed by atoms with Crippen LogP contribution >= 0.6 is 0 Å². The predicted octanol–water partition coefficient (Wildman–Crippen LogP) is 1.11. The average molecular weight is 306 g/mol. The van der Waals surface area contributed by atoms with Gasteiger partial charge >= 0.3 is 12.1 Å². The Balaban J connectivity index is 2.54. The number of nitrogen functional groups attached to an aromatic ring is 1. The van der Waals surface area contributed by atoms with Crippen molar-refractivity contribution >= 4 is 17.6 Å². The summed E-state index contributed by atoms with van der Waals surface area (Å²) in [5.74, 6) is -1.65. The molecule has 1 rings (SSSR count). The average Bonchev–Trinajstić information content (AvgIpc) is 2.40. The van der Waals surface area contributed by atoms with Gasteiger partial charge in [-0.2, -0.15) is 13.2 Å². The van der Waals surface area contributed by atoms with E-state index in [9.17, 15) is 22.8 Å². The molecule has 21 heavy (non-hydrogen) atoms. The number of carbonyl (C=O) groups excluding carboxylic acids is 2. The van der Waals surface area contributed by atoms with Crippen LogP contribution in [0.1, 0.15) is 10.4 Å². The number of benzene rings is 1. The molecule has 9 heteroatoms. The van der Waals surface area contributed by atoms with Gasteiger partial charge in [0.2, 0.25) is 0 Å². The zero-order chi connectivity index (χ0) is 16.0. The zero-order valence-electron chi connectivity index (χ0n) is 11.0. The summed E-state index contributed by atoms with van der Waals surface area (Å²) in [4.78, 5) is 22.7. The molecule has 1 amide bonds. The lowest BCUT2D eigenvalue weighted by molar-refractivity contribution is -0.140. The number of nitrogens with two attached hydrogens (primary N) is 1. The predicted molar refractivity (Wildman–Crippen MR) is 66.8 cm³/mol. The van der Waals surface area contributed by atoms with Crippen molar-refractivity contribution in [2.24, 2.45) is 0 Å². The van der Waals surface area contributed by atoms with Crippen molar-refractivity contribution in [3.8, 4) is 5.75 Å². The maximum atomic E-state index is 11.9. The quantitative estimate of drug-likeness (QED) is 0.628. The fraction of sp³-hybridized carbons (Fsp3) is 0.333. The lowest BCUT2D eigenvalue weighted by atomic mass is 10.2. The van der Waals surface area contributed by atoms with Crippen LogP contribution in [0.5, 0.6) is 5.75 Å². The van der Waals surface area contributed by atoms with Crippen LogP contribution < -0.4 is 15.8 Å². The number of methoxy groups -OCH3 is 1. The van der Waals surface area contributed by atoms with E-state index in [1.165, 1.54) is 25.3 Å². The molecule has 0 radical (unpaired) electrons. The van der Waals surface area contributed by atoms with E-state index < -0.39 is 31.2 Å². The third-order valence-electron chi connectivity index (χ3n) is 2.22. The number of hydrogen-bond donors (Lipinski definition) is 2. The fourth-order valence-electron chi connectivity index (χ4n) is 1.32. The highest BCUT2D eigenvalue weighted by Gasteiger charge is 2.27. The van der Waals surface area contributed by atoms with Crippen LogP contribution in [-0.2, 0) is 9.53 Å². The van der Waals surface area contributed by atoms with Crippen LogP contribution in [0.4, 0.5) is 18.9 Å². The smallest absolute Gasteiger partial charge is 0.405 e. The Morgan fingerprint density at radius 2 is 1.95 bits per heavy atom. The number of nitrogens with one attached hydrogen (secondary N) is 1. The largest absolute Gasteiger partial charge is 0.497 e. The van der Waals surface area contributed by atoms with E-state index in [0.717, 1.165) is 0 Å². The maximum Gasteiger partial charge on any atom is 0.405 e. The molecule has 0 aliphatic heterocycles. The van der Waals surface area contributed by atoms with Crippen LogP contribution in [0, 0.1) is 0 Å². The molecule has 0 aliphatic carbocycles. The van der Waals surface area contributed by atoms with Crippen LogP contribution in [0.15, 0.2) is 18.2 Å². The molecule has 0 bridgehead atoms. The molecule has 0 saturated heterocycles. The third-order valence-corrected chi connectivity index (χ3v) is 2.22. The molecule has 0 fully saturated rings. The number of ether oxygens (including phenoxy) is 2. The minimum atomic E-state index is -4.53. The molecule has 1 aromatic rings. The Hall–Kier alpha value is -2.45. The number of halogens is 3. The Bertz CT molecular complexity index is 532. The first-order chi connectivity index (χ1) is 9.71. The van der Waals surface area contributed by atoms with Gasteiger partial charge in [-0.3, -0.25) is 4.79 Å². The SMILES string of the molecule is COc1cc(N)cc(C(=O)OCC(=O)NCC(F)(F)F)c1. The summed E-state index contributed by atoms with van der Waals surface area (Å²) >= 11 is 0. The second-order valence-electron chi connectivity index (χ2n) is 3.96. The lowest BCUT2D eigenvalue weighted by Crippen LogP contribution is -2.36. The fourth-order valence-corrected chi connectivity index (χ4v) is 1.32. The van der Waals surface area contributed by atoms with E-state index in [4.69, 9.17) is 10.5 Å². The van der Waals surface area contributed by atoms with E-state index in [1.54, 1.807) is 5.32 Å². The Morgan fingerprint density at radius 1 is 1.29 bits per heavy atom. The molecule has 0 atom stereocenters. The van der Waals surface area contributed by atoms with Crippen LogP contribution in [0.25, 0.3) is 0 Å². The van der Waals surface area contributed by atoms with Crippen molar-refractivity contribution in [1.29, 1.82) is 0 Å². The normalized spacial score (nSPS) is 10.9. The number of amides is 1. The highest BCUT2D eigenvalue weighted by atomic mass is 19.4. The second kappa shape index (κ2) is 6.82. The zero-order valence-corrected chi connectivity index (χ0v) is 11.0. The van der Waals surface area contributed by atoms with Gasteiger partial charge in [0, 0.05) is 11.8 Å². The van der Waals surface area contributed by atoms with Crippen molar-refractivity contribution in [1.82, 2.24) is 5.32 Å². The number of hydrogen-bond acceptors (Lipinski definition) is 5. The van der Waals surface area contributed by atoms with E-state index in [1.807, 2.05) is 0 Å². The molecule has 6 nitrogen and oxygen atoms in total. The van der Waals surface area contributed by atoms with Crippen molar-refractivity contribution < 1.29 is 32.2 Å². The first-order valence-electron chi connectivity index (χ1n) is 5.66. The molecule has 116 valence electrons. The Kier molecular flexibility index (Phi) is 5.39. The van der Waals surface area contributed by atoms with Crippen LogP contribution in [0.2, 0.25) is 0 Å². The first-order valence-corrected chi connectivity index (χ1v) is 5.66. The summed E-state index contributed by atoms with van der Waals surface area (Å²) in [7, 11) is 1.37. The first kappa shape index (κ1) is 16.6. The number of esters is 1. The van der Waals surface area contributed by atoms with E-state index in [2.05, 4.69) is 4.74 Å². The number of rotatable bonds is 5. The van der Waals surface area contributed by atoms with Crippen molar-refractivity contribution in [3.63, 3.8) is 0 Å². The highest BCUT2D eigenvalue weighted by molar-refractivity contribution is 5.92. The van der Waals surface area contributed by atoms with Gasteiger partial charge in [0.05, 0.1) is 12.7 Å². The van der Waals surface area contributed by atoms with E-state index >= 15 is 0 Å². The maximum absolute atomic E-state index is 11.9.